The lowest BCUT2D eigenvalue weighted by Crippen LogP contribution is -2.47. The van der Waals surface area contributed by atoms with Crippen molar-refractivity contribution in [3.05, 3.63) is 5.01 Å². The number of piperazine rings is 1. The molecule has 1 aromatic heterocycles. The molecule has 0 amide bonds. The highest BCUT2D eigenvalue weighted by molar-refractivity contribution is 7.15. The van der Waals surface area contributed by atoms with Gasteiger partial charge in [-0.1, -0.05) is 11.3 Å². The molecule has 1 saturated heterocycles. The summed E-state index contributed by atoms with van der Waals surface area (Å²) in [6, 6.07) is 0. The second kappa shape index (κ2) is 7.14. The van der Waals surface area contributed by atoms with E-state index in [0.29, 0.717) is 0 Å². The Bertz CT molecular complexity index is 372. The van der Waals surface area contributed by atoms with Crippen molar-refractivity contribution in [2.75, 3.05) is 65.7 Å². The summed E-state index contributed by atoms with van der Waals surface area (Å²) in [5.74, 6) is 0. The Balaban J connectivity index is 1.71. The first-order valence-corrected chi connectivity index (χ1v) is 7.58. The zero-order chi connectivity index (χ0) is 13.7. The van der Waals surface area contributed by atoms with Crippen molar-refractivity contribution in [3.8, 4) is 0 Å². The third kappa shape index (κ3) is 4.68. The van der Waals surface area contributed by atoms with E-state index in [2.05, 4.69) is 44.3 Å². The van der Waals surface area contributed by atoms with Gasteiger partial charge >= 0.3 is 0 Å². The number of likely N-dealkylation sites (N-methyl/N-ethyl adjacent to an activating group) is 1. The molecular weight excluding hydrogens is 260 g/mol. The molecule has 0 saturated carbocycles. The highest BCUT2D eigenvalue weighted by atomic mass is 32.1. The van der Waals surface area contributed by atoms with E-state index in [9.17, 15) is 0 Å². The van der Waals surface area contributed by atoms with Crippen LogP contribution in [-0.4, -0.2) is 85.3 Å². The minimum Gasteiger partial charge on any atom is -0.363 e. The van der Waals surface area contributed by atoms with Gasteiger partial charge in [0, 0.05) is 46.3 Å². The predicted molar refractivity (Wildman–Crippen MR) is 79.7 cm³/mol. The van der Waals surface area contributed by atoms with Crippen molar-refractivity contribution >= 4 is 16.5 Å². The van der Waals surface area contributed by atoms with Crippen molar-refractivity contribution < 1.29 is 0 Å². The van der Waals surface area contributed by atoms with Gasteiger partial charge in [0.15, 0.2) is 0 Å². The Hall–Kier alpha value is -0.760. The molecule has 2 heterocycles. The van der Waals surface area contributed by atoms with Gasteiger partial charge in [0.1, 0.15) is 5.01 Å². The molecule has 1 aromatic rings. The number of anilines is 1. The van der Waals surface area contributed by atoms with Gasteiger partial charge in [0.05, 0.1) is 6.54 Å². The number of aromatic nitrogens is 2. The molecule has 19 heavy (non-hydrogen) atoms. The number of rotatable bonds is 6. The standard InChI is InChI=1S/C12H24N6S/c1-13-12-15-14-11(19-12)10-18-8-6-17(7-9-18)5-4-16(2)3/h4-10H2,1-3H3,(H,13,15). The molecule has 7 heteroatoms. The van der Waals surface area contributed by atoms with E-state index in [0.717, 1.165) is 49.4 Å². The van der Waals surface area contributed by atoms with Gasteiger partial charge in [-0.3, -0.25) is 9.80 Å². The Morgan fingerprint density at radius 1 is 1.16 bits per heavy atom. The minimum atomic E-state index is 0.902. The van der Waals surface area contributed by atoms with E-state index in [1.807, 2.05) is 7.05 Å². The average molecular weight is 284 g/mol. The summed E-state index contributed by atoms with van der Waals surface area (Å²) in [5.41, 5.74) is 0. The van der Waals surface area contributed by atoms with E-state index in [4.69, 9.17) is 0 Å². The molecule has 0 unspecified atom stereocenters. The Morgan fingerprint density at radius 2 is 1.84 bits per heavy atom. The van der Waals surface area contributed by atoms with Gasteiger partial charge in [-0.15, -0.1) is 10.2 Å². The predicted octanol–water partition coefficient (Wildman–Crippen LogP) is 0.259. The van der Waals surface area contributed by atoms with Crippen LogP contribution in [0.15, 0.2) is 0 Å². The summed E-state index contributed by atoms with van der Waals surface area (Å²) in [7, 11) is 6.14. The van der Waals surface area contributed by atoms with Crippen LogP contribution in [-0.2, 0) is 6.54 Å². The molecule has 108 valence electrons. The number of hydrogen-bond acceptors (Lipinski definition) is 7. The first kappa shape index (κ1) is 14.6. The van der Waals surface area contributed by atoms with Crippen LogP contribution in [0.5, 0.6) is 0 Å². The molecule has 0 spiro atoms. The summed E-state index contributed by atoms with van der Waals surface area (Å²) < 4.78 is 0. The van der Waals surface area contributed by atoms with Gasteiger partial charge in [-0.05, 0) is 14.1 Å². The van der Waals surface area contributed by atoms with Crippen molar-refractivity contribution in [3.63, 3.8) is 0 Å². The smallest absolute Gasteiger partial charge is 0.205 e. The summed E-state index contributed by atoms with van der Waals surface area (Å²) in [6.07, 6.45) is 0. The molecule has 0 atom stereocenters. The lowest BCUT2D eigenvalue weighted by Gasteiger charge is -2.34. The van der Waals surface area contributed by atoms with Gasteiger partial charge < -0.3 is 10.2 Å². The van der Waals surface area contributed by atoms with E-state index in [1.165, 1.54) is 6.54 Å². The quantitative estimate of drug-likeness (QED) is 0.808. The van der Waals surface area contributed by atoms with Crippen LogP contribution in [0.4, 0.5) is 5.13 Å². The average Bonchev–Trinajstić information content (AvgIpc) is 2.85. The largest absolute Gasteiger partial charge is 0.363 e. The number of hydrogen-bond donors (Lipinski definition) is 1. The maximum absolute atomic E-state index is 4.20. The molecule has 0 bridgehead atoms. The molecule has 0 aliphatic carbocycles. The van der Waals surface area contributed by atoms with E-state index in [1.54, 1.807) is 11.3 Å². The fourth-order valence-corrected chi connectivity index (χ4v) is 2.86. The normalized spacial score (nSPS) is 18.1. The SMILES string of the molecule is CNc1nnc(CN2CCN(CCN(C)C)CC2)s1. The fourth-order valence-electron chi connectivity index (χ4n) is 2.12. The third-order valence-corrected chi connectivity index (χ3v) is 4.29. The monoisotopic (exact) mass is 284 g/mol. The summed E-state index contributed by atoms with van der Waals surface area (Å²) in [6.45, 7) is 7.81. The summed E-state index contributed by atoms with van der Waals surface area (Å²) >= 11 is 1.65. The molecule has 2 rings (SSSR count). The van der Waals surface area contributed by atoms with Crippen LogP contribution in [0.3, 0.4) is 0 Å². The topological polar surface area (TPSA) is 47.5 Å². The van der Waals surface area contributed by atoms with Gasteiger partial charge in [-0.2, -0.15) is 0 Å². The maximum atomic E-state index is 4.20. The van der Waals surface area contributed by atoms with Gasteiger partial charge in [0.25, 0.3) is 0 Å². The van der Waals surface area contributed by atoms with Gasteiger partial charge in [0.2, 0.25) is 5.13 Å². The zero-order valence-corrected chi connectivity index (χ0v) is 12.9. The lowest BCUT2D eigenvalue weighted by molar-refractivity contribution is 0.120. The van der Waals surface area contributed by atoms with Gasteiger partial charge in [-0.25, -0.2) is 0 Å². The van der Waals surface area contributed by atoms with Crippen LogP contribution in [0.25, 0.3) is 0 Å². The Morgan fingerprint density at radius 3 is 2.42 bits per heavy atom. The lowest BCUT2D eigenvalue weighted by atomic mass is 10.3. The van der Waals surface area contributed by atoms with Crippen molar-refractivity contribution in [1.29, 1.82) is 0 Å². The highest BCUT2D eigenvalue weighted by Crippen LogP contribution is 2.16. The summed E-state index contributed by atoms with van der Waals surface area (Å²) in [4.78, 5) is 7.24. The van der Waals surface area contributed by atoms with E-state index in [-0.39, 0.29) is 0 Å². The van der Waals surface area contributed by atoms with E-state index < -0.39 is 0 Å². The molecule has 0 radical (unpaired) electrons. The first-order chi connectivity index (χ1) is 9.17. The molecule has 0 aromatic carbocycles. The number of nitrogens with zero attached hydrogens (tertiary/aromatic N) is 5. The van der Waals surface area contributed by atoms with Crippen molar-refractivity contribution in [2.45, 2.75) is 6.54 Å². The van der Waals surface area contributed by atoms with Crippen LogP contribution in [0.2, 0.25) is 0 Å². The van der Waals surface area contributed by atoms with Crippen LogP contribution >= 0.6 is 11.3 Å². The zero-order valence-electron chi connectivity index (χ0n) is 12.1. The second-order valence-corrected chi connectivity index (χ2v) is 6.23. The van der Waals surface area contributed by atoms with Crippen LogP contribution in [0.1, 0.15) is 5.01 Å². The Labute approximate surface area is 119 Å². The minimum absolute atomic E-state index is 0.902. The van der Waals surface area contributed by atoms with Crippen LogP contribution < -0.4 is 5.32 Å². The van der Waals surface area contributed by atoms with Crippen LogP contribution in [0, 0.1) is 0 Å². The number of nitrogens with one attached hydrogen (secondary N) is 1. The molecular formula is C12H24N6S. The molecule has 1 aliphatic rings. The fraction of sp³-hybridized carbons (Fsp3) is 0.833. The highest BCUT2D eigenvalue weighted by Gasteiger charge is 2.18. The van der Waals surface area contributed by atoms with Crippen molar-refractivity contribution in [1.82, 2.24) is 24.9 Å². The third-order valence-electron chi connectivity index (χ3n) is 3.37. The molecule has 6 nitrogen and oxygen atoms in total. The van der Waals surface area contributed by atoms with Crippen molar-refractivity contribution in [2.24, 2.45) is 0 Å². The molecule has 1 aliphatic heterocycles. The first-order valence-electron chi connectivity index (χ1n) is 6.77. The second-order valence-electron chi connectivity index (χ2n) is 5.17. The van der Waals surface area contributed by atoms with E-state index >= 15 is 0 Å². The Kier molecular flexibility index (Phi) is 5.50. The molecule has 1 N–H and O–H groups in total. The summed E-state index contributed by atoms with van der Waals surface area (Å²) in [5, 5.41) is 13.3. The molecule has 1 fully saturated rings. The maximum Gasteiger partial charge on any atom is 0.205 e.